The monoisotopic (exact) mass is 272 g/mol. The maximum absolute atomic E-state index is 11.4. The summed E-state index contributed by atoms with van der Waals surface area (Å²) in [5.74, 6) is 0.669. The highest BCUT2D eigenvalue weighted by molar-refractivity contribution is 7.89. The first kappa shape index (κ1) is 16.1. The smallest absolute Gasteiger partial charge is 0.213 e. The third-order valence-electron chi connectivity index (χ3n) is 2.59. The minimum atomic E-state index is -3.13. The molecule has 0 spiro atoms. The first-order chi connectivity index (χ1) is 7.14. The van der Waals surface area contributed by atoms with Gasteiger partial charge < -0.3 is 10.1 Å². The summed E-state index contributed by atoms with van der Waals surface area (Å²) in [7, 11) is -1.63. The van der Waals surface area contributed by atoms with E-state index in [0.29, 0.717) is 12.5 Å². The third kappa shape index (κ3) is 6.65. The average Bonchev–Trinajstić information content (AvgIpc) is 2.67. The van der Waals surface area contributed by atoms with Crippen molar-refractivity contribution in [3.63, 3.8) is 0 Å². The van der Waals surface area contributed by atoms with Crippen molar-refractivity contribution in [3.05, 3.63) is 0 Å². The molecule has 0 aromatic heterocycles. The van der Waals surface area contributed by atoms with Gasteiger partial charge in [0.1, 0.15) is 0 Å². The van der Waals surface area contributed by atoms with E-state index in [-0.39, 0.29) is 24.8 Å². The second-order valence-corrected chi connectivity index (χ2v) is 5.78. The van der Waals surface area contributed by atoms with E-state index in [9.17, 15) is 8.42 Å². The summed E-state index contributed by atoms with van der Waals surface area (Å²) >= 11 is 0. The van der Waals surface area contributed by atoms with E-state index in [1.165, 1.54) is 7.11 Å². The molecule has 1 unspecified atom stereocenters. The SMILES string of the molecule is COCCS(=O)(=O)NCCC1CCNC1.Cl. The normalized spacial score (nSPS) is 20.7. The van der Waals surface area contributed by atoms with Crippen LogP contribution in [0.2, 0.25) is 0 Å². The molecule has 0 aromatic rings. The molecule has 1 aliphatic heterocycles. The fourth-order valence-corrected chi connectivity index (χ4v) is 2.60. The van der Waals surface area contributed by atoms with Gasteiger partial charge in [0.05, 0.1) is 12.4 Å². The molecule has 1 fully saturated rings. The number of sulfonamides is 1. The van der Waals surface area contributed by atoms with Gasteiger partial charge >= 0.3 is 0 Å². The van der Waals surface area contributed by atoms with E-state index < -0.39 is 10.0 Å². The lowest BCUT2D eigenvalue weighted by molar-refractivity contribution is 0.217. The van der Waals surface area contributed by atoms with Crippen molar-refractivity contribution in [2.24, 2.45) is 5.92 Å². The van der Waals surface area contributed by atoms with Crippen LogP contribution in [0.25, 0.3) is 0 Å². The molecule has 5 nitrogen and oxygen atoms in total. The lowest BCUT2D eigenvalue weighted by atomic mass is 10.1. The molecule has 0 radical (unpaired) electrons. The Bertz CT molecular complexity index is 266. The van der Waals surface area contributed by atoms with E-state index in [0.717, 1.165) is 25.9 Å². The molecule has 16 heavy (non-hydrogen) atoms. The maximum atomic E-state index is 11.4. The molecule has 1 aliphatic rings. The first-order valence-electron chi connectivity index (χ1n) is 5.31. The van der Waals surface area contributed by atoms with Crippen LogP contribution in [0.4, 0.5) is 0 Å². The van der Waals surface area contributed by atoms with Crippen LogP contribution in [-0.4, -0.2) is 47.5 Å². The van der Waals surface area contributed by atoms with Crippen LogP contribution >= 0.6 is 12.4 Å². The van der Waals surface area contributed by atoms with Gasteiger partial charge in [-0.25, -0.2) is 13.1 Å². The van der Waals surface area contributed by atoms with Crippen molar-refractivity contribution in [1.29, 1.82) is 0 Å². The Morgan fingerprint density at radius 2 is 2.25 bits per heavy atom. The minimum Gasteiger partial charge on any atom is -0.384 e. The zero-order chi connectivity index (χ0) is 11.1. The molecule has 1 saturated heterocycles. The zero-order valence-electron chi connectivity index (χ0n) is 9.57. The summed E-state index contributed by atoms with van der Waals surface area (Å²) in [5.41, 5.74) is 0. The highest BCUT2D eigenvalue weighted by Crippen LogP contribution is 2.10. The van der Waals surface area contributed by atoms with Crippen molar-refractivity contribution in [2.45, 2.75) is 12.8 Å². The largest absolute Gasteiger partial charge is 0.384 e. The molecule has 0 amide bonds. The van der Waals surface area contributed by atoms with Gasteiger partial charge in [-0.3, -0.25) is 0 Å². The number of hydrogen-bond acceptors (Lipinski definition) is 4. The molecular weight excluding hydrogens is 252 g/mol. The van der Waals surface area contributed by atoms with Gasteiger partial charge in [0.25, 0.3) is 0 Å². The number of methoxy groups -OCH3 is 1. The Labute approximate surface area is 104 Å². The van der Waals surface area contributed by atoms with Gasteiger partial charge in [0, 0.05) is 13.7 Å². The van der Waals surface area contributed by atoms with Gasteiger partial charge in [0.2, 0.25) is 10.0 Å². The quantitative estimate of drug-likeness (QED) is 0.683. The van der Waals surface area contributed by atoms with Gasteiger partial charge in [-0.05, 0) is 31.8 Å². The minimum absolute atomic E-state index is 0. The van der Waals surface area contributed by atoms with Crippen LogP contribution in [0.3, 0.4) is 0 Å². The molecule has 0 saturated carbocycles. The fraction of sp³-hybridized carbons (Fsp3) is 1.00. The van der Waals surface area contributed by atoms with E-state index >= 15 is 0 Å². The van der Waals surface area contributed by atoms with E-state index in [1.54, 1.807) is 0 Å². The highest BCUT2D eigenvalue weighted by atomic mass is 35.5. The summed E-state index contributed by atoms with van der Waals surface area (Å²) < 4.78 is 30.0. The second-order valence-electron chi connectivity index (χ2n) is 3.85. The van der Waals surface area contributed by atoms with Gasteiger partial charge in [-0.15, -0.1) is 12.4 Å². The molecule has 0 aromatic carbocycles. The summed E-state index contributed by atoms with van der Waals surface area (Å²) in [6.45, 7) is 2.86. The van der Waals surface area contributed by atoms with E-state index in [1.807, 2.05) is 0 Å². The average molecular weight is 273 g/mol. The number of rotatable bonds is 7. The molecule has 0 bridgehead atoms. The first-order valence-corrected chi connectivity index (χ1v) is 6.96. The Morgan fingerprint density at radius 1 is 1.50 bits per heavy atom. The predicted molar refractivity (Wildman–Crippen MR) is 66.5 cm³/mol. The number of ether oxygens (including phenoxy) is 1. The van der Waals surface area contributed by atoms with Crippen molar-refractivity contribution in [1.82, 2.24) is 10.0 Å². The van der Waals surface area contributed by atoms with Crippen LogP contribution in [0.15, 0.2) is 0 Å². The standard InChI is InChI=1S/C9H20N2O3S.ClH/c1-14-6-7-15(12,13)11-5-3-9-2-4-10-8-9;/h9-11H,2-8H2,1H3;1H. The van der Waals surface area contributed by atoms with Crippen LogP contribution in [-0.2, 0) is 14.8 Å². The summed E-state index contributed by atoms with van der Waals surface area (Å²) in [6.07, 6.45) is 2.07. The maximum Gasteiger partial charge on any atom is 0.213 e. The molecular formula is C9H21ClN2O3S. The van der Waals surface area contributed by atoms with Crippen molar-refractivity contribution in [3.8, 4) is 0 Å². The van der Waals surface area contributed by atoms with E-state index in [4.69, 9.17) is 4.74 Å². The topological polar surface area (TPSA) is 67.4 Å². The van der Waals surface area contributed by atoms with Crippen molar-refractivity contribution < 1.29 is 13.2 Å². The zero-order valence-corrected chi connectivity index (χ0v) is 11.2. The molecule has 1 heterocycles. The van der Waals surface area contributed by atoms with Crippen LogP contribution in [0.5, 0.6) is 0 Å². The Hall–Kier alpha value is 0.120. The van der Waals surface area contributed by atoms with Gasteiger partial charge in [0.15, 0.2) is 0 Å². The molecule has 2 N–H and O–H groups in total. The number of hydrogen-bond donors (Lipinski definition) is 2. The number of halogens is 1. The van der Waals surface area contributed by atoms with Crippen molar-refractivity contribution >= 4 is 22.4 Å². The molecule has 0 aliphatic carbocycles. The predicted octanol–water partition coefficient (Wildman–Crippen LogP) is -0.0264. The molecule has 7 heteroatoms. The Morgan fingerprint density at radius 3 is 2.81 bits per heavy atom. The van der Waals surface area contributed by atoms with E-state index in [2.05, 4.69) is 10.0 Å². The molecule has 1 atom stereocenters. The fourth-order valence-electron chi connectivity index (χ4n) is 1.64. The Balaban J connectivity index is 0.00000225. The molecule has 98 valence electrons. The second kappa shape index (κ2) is 8.25. The van der Waals surface area contributed by atoms with Crippen LogP contribution in [0, 0.1) is 5.92 Å². The third-order valence-corrected chi connectivity index (χ3v) is 3.94. The summed E-state index contributed by atoms with van der Waals surface area (Å²) in [4.78, 5) is 0. The summed E-state index contributed by atoms with van der Waals surface area (Å²) in [6, 6.07) is 0. The van der Waals surface area contributed by atoms with Gasteiger partial charge in [-0.2, -0.15) is 0 Å². The highest BCUT2D eigenvalue weighted by Gasteiger charge is 2.15. The summed E-state index contributed by atoms with van der Waals surface area (Å²) in [5, 5.41) is 3.26. The van der Waals surface area contributed by atoms with Crippen molar-refractivity contribution in [2.75, 3.05) is 39.1 Å². The lowest BCUT2D eigenvalue weighted by Gasteiger charge is -2.09. The lowest BCUT2D eigenvalue weighted by Crippen LogP contribution is -2.30. The Kier molecular flexibility index (Phi) is 8.31. The van der Waals surface area contributed by atoms with Crippen LogP contribution < -0.4 is 10.0 Å². The van der Waals surface area contributed by atoms with Crippen LogP contribution in [0.1, 0.15) is 12.8 Å². The molecule has 1 rings (SSSR count). The number of nitrogens with one attached hydrogen (secondary N) is 2. The van der Waals surface area contributed by atoms with Gasteiger partial charge in [-0.1, -0.05) is 0 Å².